The number of carboxylic acid groups (broad SMARTS) is 2. The topological polar surface area (TPSA) is 347 Å². The molecule has 0 unspecified atom stereocenters. The van der Waals surface area contributed by atoms with E-state index >= 15 is 0 Å². The van der Waals surface area contributed by atoms with Crippen LogP contribution >= 0.6 is 0 Å². The molecule has 2 heterocycles. The lowest BCUT2D eigenvalue weighted by Gasteiger charge is -2.31. The predicted molar refractivity (Wildman–Crippen MR) is 229 cm³/mol. The SMILES string of the molecule is CC(=O)N[C@@H](CCCN=C(N)N)C(=O)N[C@@H](CCCCN)C(=O)N1CCC[C@H]1C(=O)N[C@@H](Cc1c[nH]c2ccccc12)C(=O)N[C@@H](CCC(=O)O)C(=O)N[C@@H](CC(C)C)C(=O)O. The van der Waals surface area contributed by atoms with Crippen LogP contribution in [0, 0.1) is 5.92 Å². The van der Waals surface area contributed by atoms with Gasteiger partial charge in [-0.3, -0.25) is 38.6 Å². The second-order valence-corrected chi connectivity index (χ2v) is 15.9. The minimum Gasteiger partial charge on any atom is -0.481 e. The number of carboxylic acids is 2. The molecular weight excluding hydrogens is 807 g/mol. The van der Waals surface area contributed by atoms with Crippen LogP contribution in [0.3, 0.4) is 0 Å². The molecule has 0 saturated carbocycles. The molecule has 1 saturated heterocycles. The number of rotatable bonds is 26. The lowest BCUT2D eigenvalue weighted by atomic mass is 10.0. The van der Waals surface area contributed by atoms with Crippen LogP contribution in [0.2, 0.25) is 0 Å². The van der Waals surface area contributed by atoms with Gasteiger partial charge in [0.2, 0.25) is 35.4 Å². The van der Waals surface area contributed by atoms with Crippen LogP contribution in [-0.4, -0.2) is 129 Å². The summed E-state index contributed by atoms with van der Waals surface area (Å²) in [5.41, 5.74) is 17.9. The first-order valence-electron chi connectivity index (χ1n) is 21.0. The highest BCUT2D eigenvalue weighted by Gasteiger charge is 2.40. The van der Waals surface area contributed by atoms with E-state index in [4.69, 9.17) is 17.2 Å². The predicted octanol–water partition coefficient (Wildman–Crippen LogP) is -0.677. The summed E-state index contributed by atoms with van der Waals surface area (Å²) >= 11 is 0. The summed E-state index contributed by atoms with van der Waals surface area (Å²) in [5, 5.41) is 33.0. The molecule has 1 aromatic carbocycles. The first-order chi connectivity index (χ1) is 29.4. The number of amides is 6. The number of aliphatic imine (C=N–C) groups is 1. The maximum atomic E-state index is 14.3. The smallest absolute Gasteiger partial charge is 0.326 e. The van der Waals surface area contributed by atoms with Crippen LogP contribution in [0.5, 0.6) is 0 Å². The minimum atomic E-state index is -1.48. The normalized spacial score (nSPS) is 16.0. The summed E-state index contributed by atoms with van der Waals surface area (Å²) in [4.78, 5) is 114. The Bertz CT molecular complexity index is 1910. The zero-order valence-electron chi connectivity index (χ0n) is 35.6. The quantitative estimate of drug-likeness (QED) is 0.0318. The standard InChI is InChI=1S/C41H63N11O10/c1-23(2)20-32(40(61)62)51-36(57)29(15-16-34(54)55)48-37(58)31(21-25-22-46-27-11-5-4-10-26(25)27)50-38(59)33-14-9-19-52(33)39(60)30(12-6-7-17-42)49-35(56)28(47-24(3)53)13-8-18-45-41(43)44/h4-5,10-11,22-23,28-33,46H,6-9,12-21,42H2,1-3H3,(H,47,53)(H,48,58)(H,49,56)(H,50,59)(H,51,57)(H,54,55)(H,61,62)(H4,43,44,45)/t28-,29-,30-,31-,32-,33-/m0/s1. The minimum absolute atomic E-state index is 0.0741. The van der Waals surface area contributed by atoms with E-state index < -0.39 is 90.1 Å². The number of nitrogens with one attached hydrogen (secondary N) is 6. The highest BCUT2D eigenvalue weighted by atomic mass is 16.4. The van der Waals surface area contributed by atoms with Gasteiger partial charge < -0.3 is 63.9 Å². The van der Waals surface area contributed by atoms with E-state index in [2.05, 4.69) is 36.6 Å². The Hall–Kier alpha value is -6.25. The van der Waals surface area contributed by atoms with Crippen molar-refractivity contribution in [1.82, 2.24) is 36.5 Å². The molecule has 0 radical (unpaired) electrons. The number of hydrogen-bond donors (Lipinski definition) is 11. The average Bonchev–Trinajstić information content (AvgIpc) is 3.87. The Morgan fingerprint density at radius 2 is 1.45 bits per heavy atom. The first kappa shape index (κ1) is 50.1. The second kappa shape index (κ2) is 24.9. The van der Waals surface area contributed by atoms with Gasteiger partial charge in [-0.2, -0.15) is 0 Å². The van der Waals surface area contributed by atoms with E-state index in [0.717, 1.165) is 10.9 Å². The summed E-state index contributed by atoms with van der Waals surface area (Å²) in [7, 11) is 0. The van der Waals surface area contributed by atoms with Crippen LogP contribution in [0.15, 0.2) is 35.5 Å². The van der Waals surface area contributed by atoms with E-state index in [9.17, 15) is 48.6 Å². The molecule has 21 heteroatoms. The number of fused-ring (bicyclic) bond motifs is 1. The van der Waals surface area contributed by atoms with E-state index in [-0.39, 0.29) is 63.5 Å². The number of nitrogens with two attached hydrogens (primary N) is 3. The molecule has 14 N–H and O–H groups in total. The lowest BCUT2D eigenvalue weighted by molar-refractivity contribution is -0.143. The Morgan fingerprint density at radius 3 is 2.08 bits per heavy atom. The fourth-order valence-electron chi connectivity index (χ4n) is 7.32. The molecule has 0 aliphatic carbocycles. The zero-order chi connectivity index (χ0) is 45.9. The summed E-state index contributed by atoms with van der Waals surface area (Å²) in [6, 6.07) is -0.0757. The van der Waals surface area contributed by atoms with Crippen LogP contribution in [0.25, 0.3) is 10.9 Å². The Balaban J connectivity index is 1.91. The number of likely N-dealkylation sites (tertiary alicyclic amines) is 1. The summed E-state index contributed by atoms with van der Waals surface area (Å²) in [5.74, 6) is -6.88. The number of H-pyrrole nitrogens is 1. The number of unbranched alkanes of at least 4 members (excludes halogenated alkanes) is 1. The van der Waals surface area contributed by atoms with Gasteiger partial charge >= 0.3 is 11.9 Å². The van der Waals surface area contributed by atoms with Crippen LogP contribution in [0.4, 0.5) is 0 Å². The second-order valence-electron chi connectivity index (χ2n) is 15.9. The number of hydrogen-bond acceptors (Lipinski definition) is 10. The largest absolute Gasteiger partial charge is 0.481 e. The van der Waals surface area contributed by atoms with Gasteiger partial charge in [0.15, 0.2) is 5.96 Å². The zero-order valence-corrected chi connectivity index (χ0v) is 35.6. The number of carbonyl (C=O) groups is 8. The van der Waals surface area contributed by atoms with Gasteiger partial charge in [-0.1, -0.05) is 32.0 Å². The van der Waals surface area contributed by atoms with E-state index in [1.54, 1.807) is 26.1 Å². The number of nitrogens with zero attached hydrogens (tertiary/aromatic N) is 2. The summed E-state index contributed by atoms with van der Waals surface area (Å²) in [6.45, 7) is 5.49. The van der Waals surface area contributed by atoms with Gasteiger partial charge in [0.1, 0.15) is 36.3 Å². The maximum absolute atomic E-state index is 14.3. The molecule has 1 fully saturated rings. The molecule has 3 rings (SSSR count). The molecule has 1 aliphatic heterocycles. The molecule has 62 heavy (non-hydrogen) atoms. The number of guanidine groups is 1. The third-order valence-electron chi connectivity index (χ3n) is 10.4. The molecule has 2 aromatic rings. The van der Waals surface area contributed by atoms with Gasteiger partial charge in [-0.25, -0.2) is 4.79 Å². The number of para-hydroxylation sites is 1. The van der Waals surface area contributed by atoms with E-state index in [1.165, 1.54) is 11.8 Å². The molecule has 6 atom stereocenters. The molecule has 6 amide bonds. The van der Waals surface area contributed by atoms with Crippen molar-refractivity contribution < 1.29 is 48.6 Å². The summed E-state index contributed by atoms with van der Waals surface area (Å²) < 4.78 is 0. The molecule has 0 bridgehead atoms. The van der Waals surface area contributed by atoms with Gasteiger partial charge in [0.25, 0.3) is 0 Å². The van der Waals surface area contributed by atoms with E-state index in [1.807, 2.05) is 18.2 Å². The fourth-order valence-corrected chi connectivity index (χ4v) is 7.32. The molecule has 21 nitrogen and oxygen atoms in total. The number of benzene rings is 1. The van der Waals surface area contributed by atoms with Crippen LogP contribution < -0.4 is 43.8 Å². The third-order valence-corrected chi connectivity index (χ3v) is 10.4. The monoisotopic (exact) mass is 869 g/mol. The van der Waals surface area contributed by atoms with Crippen LogP contribution in [-0.2, 0) is 44.8 Å². The Labute approximate surface area is 360 Å². The number of aromatic nitrogens is 1. The Morgan fingerprint density at radius 1 is 0.823 bits per heavy atom. The summed E-state index contributed by atoms with van der Waals surface area (Å²) in [6.07, 6.45) is 3.07. The van der Waals surface area contributed by atoms with Crippen molar-refractivity contribution in [2.75, 3.05) is 19.6 Å². The van der Waals surface area contributed by atoms with Crippen molar-refractivity contribution in [3.8, 4) is 0 Å². The van der Waals surface area contributed by atoms with Gasteiger partial charge in [0, 0.05) is 50.0 Å². The third kappa shape index (κ3) is 16.0. The maximum Gasteiger partial charge on any atom is 0.326 e. The van der Waals surface area contributed by atoms with Crippen molar-refractivity contribution in [2.24, 2.45) is 28.1 Å². The van der Waals surface area contributed by atoms with Crippen molar-refractivity contribution in [3.63, 3.8) is 0 Å². The van der Waals surface area contributed by atoms with Gasteiger partial charge in [-0.15, -0.1) is 0 Å². The van der Waals surface area contributed by atoms with Crippen LogP contribution in [0.1, 0.15) is 90.5 Å². The number of carbonyl (C=O) groups excluding carboxylic acids is 6. The first-order valence-corrected chi connectivity index (χ1v) is 21.0. The Kier molecular flexibility index (Phi) is 20.1. The van der Waals surface area contributed by atoms with E-state index in [0.29, 0.717) is 37.8 Å². The molecular formula is C41H63N11O10. The highest BCUT2D eigenvalue weighted by Crippen LogP contribution is 2.23. The average molecular weight is 870 g/mol. The molecule has 1 aliphatic rings. The number of aliphatic carboxylic acids is 2. The van der Waals surface area contributed by atoms with Crippen molar-refractivity contribution >= 4 is 64.2 Å². The van der Waals surface area contributed by atoms with Gasteiger partial charge in [-0.05, 0) is 81.9 Å². The fraction of sp³-hybridized carbons (Fsp3) is 0.585. The molecule has 342 valence electrons. The molecule has 1 aromatic heterocycles. The van der Waals surface area contributed by atoms with Crippen molar-refractivity contribution in [1.29, 1.82) is 0 Å². The lowest BCUT2D eigenvalue weighted by Crippen LogP contribution is -2.59. The van der Waals surface area contributed by atoms with Crippen molar-refractivity contribution in [3.05, 3.63) is 36.0 Å². The highest BCUT2D eigenvalue weighted by molar-refractivity contribution is 5.97. The number of aromatic amines is 1. The molecule has 0 spiro atoms. The van der Waals surface area contributed by atoms with Gasteiger partial charge in [0.05, 0.1) is 0 Å². The van der Waals surface area contributed by atoms with Crippen molar-refractivity contribution in [2.45, 2.75) is 128 Å².